The lowest BCUT2D eigenvalue weighted by Crippen LogP contribution is -2.33. The molecule has 2 N–H and O–H groups in total. The highest BCUT2D eigenvalue weighted by Crippen LogP contribution is 2.25. The molecule has 0 saturated carbocycles. The van der Waals surface area contributed by atoms with Gasteiger partial charge < -0.3 is 5.32 Å². The van der Waals surface area contributed by atoms with Crippen LogP contribution < -0.4 is 10.0 Å². The van der Waals surface area contributed by atoms with Gasteiger partial charge in [-0.25, -0.2) is 13.1 Å². The first-order valence-electron chi connectivity index (χ1n) is 6.07. The number of nitrogens with one attached hydrogen (secondary N) is 2. The van der Waals surface area contributed by atoms with Crippen LogP contribution in [0.15, 0.2) is 18.2 Å². The van der Waals surface area contributed by atoms with E-state index >= 15 is 0 Å². The first-order valence-corrected chi connectivity index (χ1v) is 8.48. The molecule has 19 heavy (non-hydrogen) atoms. The summed E-state index contributed by atoms with van der Waals surface area (Å²) in [6, 6.07) is 4.94. The van der Waals surface area contributed by atoms with Crippen LogP contribution in [0.25, 0.3) is 0 Å². The summed E-state index contributed by atoms with van der Waals surface area (Å²) in [6.45, 7) is 3.88. The van der Waals surface area contributed by atoms with Crippen LogP contribution in [0.2, 0.25) is 10.0 Å². The molecule has 0 aliphatic heterocycles. The molecule has 0 atom stereocenters. The number of hydrogen-bond donors (Lipinski definition) is 2. The molecule has 0 aliphatic rings. The largest absolute Gasteiger partial charge is 0.315 e. The van der Waals surface area contributed by atoms with Crippen molar-refractivity contribution in [3.8, 4) is 0 Å². The van der Waals surface area contributed by atoms with E-state index in [9.17, 15) is 8.42 Å². The van der Waals surface area contributed by atoms with E-state index in [1.165, 1.54) is 0 Å². The molecule has 0 bridgehead atoms. The summed E-state index contributed by atoms with van der Waals surface area (Å²) in [5.41, 5.74) is 0.430. The Morgan fingerprint density at radius 2 is 1.74 bits per heavy atom. The van der Waals surface area contributed by atoms with Crippen LogP contribution in [0.1, 0.15) is 18.9 Å². The Bertz CT molecular complexity index is 486. The minimum atomic E-state index is -3.43. The van der Waals surface area contributed by atoms with E-state index in [4.69, 9.17) is 23.2 Å². The normalized spacial score (nSPS) is 11.7. The molecule has 0 amide bonds. The van der Waals surface area contributed by atoms with Gasteiger partial charge in [-0.15, -0.1) is 0 Å². The maximum Gasteiger partial charge on any atom is 0.215 e. The second-order valence-electron chi connectivity index (χ2n) is 4.10. The van der Waals surface area contributed by atoms with Crippen molar-refractivity contribution in [1.29, 1.82) is 0 Å². The number of sulfonamides is 1. The summed E-state index contributed by atoms with van der Waals surface area (Å²) in [4.78, 5) is 0. The smallest absolute Gasteiger partial charge is 0.215 e. The van der Waals surface area contributed by atoms with Gasteiger partial charge in [-0.1, -0.05) is 36.2 Å². The molecule has 0 radical (unpaired) electrons. The van der Waals surface area contributed by atoms with Gasteiger partial charge >= 0.3 is 0 Å². The standard InChI is InChI=1S/C12H18Cl2N2O2S/c1-2-6-15-7-8-16-19(17,18)9-10-11(13)4-3-5-12(10)14/h3-5,15-16H,2,6-9H2,1H3. The molecular formula is C12H18Cl2N2O2S. The fraction of sp³-hybridized carbons (Fsp3) is 0.500. The lowest BCUT2D eigenvalue weighted by Gasteiger charge is -2.09. The summed E-state index contributed by atoms with van der Waals surface area (Å²) in [5.74, 6) is -0.209. The van der Waals surface area contributed by atoms with Crippen LogP contribution in [0.4, 0.5) is 0 Å². The van der Waals surface area contributed by atoms with E-state index in [0.717, 1.165) is 13.0 Å². The predicted molar refractivity (Wildman–Crippen MR) is 80.2 cm³/mol. The van der Waals surface area contributed by atoms with E-state index in [1.807, 2.05) is 0 Å². The molecule has 0 heterocycles. The SMILES string of the molecule is CCCNCCNS(=O)(=O)Cc1c(Cl)cccc1Cl. The molecule has 0 saturated heterocycles. The molecule has 1 rings (SSSR count). The van der Waals surface area contributed by atoms with E-state index in [1.54, 1.807) is 18.2 Å². The second-order valence-corrected chi connectivity index (χ2v) is 6.72. The Balaban J connectivity index is 2.55. The zero-order valence-electron chi connectivity index (χ0n) is 10.7. The zero-order valence-corrected chi connectivity index (χ0v) is 13.1. The molecule has 0 fully saturated rings. The van der Waals surface area contributed by atoms with Crippen molar-refractivity contribution in [2.75, 3.05) is 19.6 Å². The highest BCUT2D eigenvalue weighted by molar-refractivity contribution is 7.88. The van der Waals surface area contributed by atoms with Gasteiger partial charge in [0, 0.05) is 28.7 Å². The van der Waals surface area contributed by atoms with Gasteiger partial charge in [-0.2, -0.15) is 0 Å². The lowest BCUT2D eigenvalue weighted by molar-refractivity contribution is 0.574. The van der Waals surface area contributed by atoms with Crippen LogP contribution in [0, 0.1) is 0 Å². The molecule has 0 unspecified atom stereocenters. The second kappa shape index (κ2) is 8.07. The van der Waals surface area contributed by atoms with E-state index in [2.05, 4.69) is 17.0 Å². The van der Waals surface area contributed by atoms with Gasteiger partial charge in [-0.3, -0.25) is 0 Å². The summed E-state index contributed by atoms with van der Waals surface area (Å²) >= 11 is 11.9. The van der Waals surface area contributed by atoms with Crippen LogP contribution in [0.3, 0.4) is 0 Å². The van der Waals surface area contributed by atoms with E-state index in [-0.39, 0.29) is 5.75 Å². The topological polar surface area (TPSA) is 58.2 Å². The van der Waals surface area contributed by atoms with Crippen LogP contribution >= 0.6 is 23.2 Å². The summed E-state index contributed by atoms with van der Waals surface area (Å²) in [7, 11) is -3.43. The van der Waals surface area contributed by atoms with E-state index in [0.29, 0.717) is 28.7 Å². The van der Waals surface area contributed by atoms with Gasteiger partial charge in [0.1, 0.15) is 0 Å². The Morgan fingerprint density at radius 1 is 1.11 bits per heavy atom. The van der Waals surface area contributed by atoms with Gasteiger partial charge in [-0.05, 0) is 25.1 Å². The van der Waals surface area contributed by atoms with Crippen molar-refractivity contribution < 1.29 is 8.42 Å². The molecule has 0 spiro atoms. The quantitative estimate of drug-likeness (QED) is 0.722. The highest BCUT2D eigenvalue weighted by atomic mass is 35.5. The third-order valence-corrected chi connectivity index (χ3v) is 4.47. The summed E-state index contributed by atoms with van der Waals surface area (Å²) in [5, 5.41) is 3.84. The molecule has 0 aromatic heterocycles. The fourth-order valence-electron chi connectivity index (χ4n) is 1.51. The maximum absolute atomic E-state index is 11.9. The molecule has 7 heteroatoms. The monoisotopic (exact) mass is 324 g/mol. The van der Waals surface area contributed by atoms with Crippen molar-refractivity contribution in [1.82, 2.24) is 10.0 Å². The van der Waals surface area contributed by atoms with Gasteiger partial charge in [0.2, 0.25) is 10.0 Å². The van der Waals surface area contributed by atoms with Crippen LogP contribution in [-0.2, 0) is 15.8 Å². The van der Waals surface area contributed by atoms with Gasteiger partial charge in [0.05, 0.1) is 5.75 Å². The molecule has 0 aliphatic carbocycles. The van der Waals surface area contributed by atoms with Crippen molar-refractivity contribution >= 4 is 33.2 Å². The lowest BCUT2D eigenvalue weighted by atomic mass is 10.2. The van der Waals surface area contributed by atoms with E-state index < -0.39 is 10.0 Å². The minimum Gasteiger partial charge on any atom is -0.315 e. The Hall–Kier alpha value is -0.330. The maximum atomic E-state index is 11.9. The Labute approximate surface area is 124 Å². The third-order valence-electron chi connectivity index (χ3n) is 2.45. The zero-order chi connectivity index (χ0) is 14.3. The van der Waals surface area contributed by atoms with Gasteiger partial charge in [0.15, 0.2) is 0 Å². The van der Waals surface area contributed by atoms with Crippen LogP contribution in [-0.4, -0.2) is 28.1 Å². The molecular weight excluding hydrogens is 307 g/mol. The number of hydrogen-bond acceptors (Lipinski definition) is 3. The van der Waals surface area contributed by atoms with Crippen molar-refractivity contribution in [3.05, 3.63) is 33.8 Å². The van der Waals surface area contributed by atoms with Crippen molar-refractivity contribution in [3.63, 3.8) is 0 Å². The third kappa shape index (κ3) is 6.10. The molecule has 108 valence electrons. The summed E-state index contributed by atoms with van der Waals surface area (Å²) < 4.78 is 26.3. The van der Waals surface area contributed by atoms with Crippen molar-refractivity contribution in [2.24, 2.45) is 0 Å². The van der Waals surface area contributed by atoms with Crippen molar-refractivity contribution in [2.45, 2.75) is 19.1 Å². The Kier molecular flexibility index (Phi) is 7.10. The number of benzene rings is 1. The Morgan fingerprint density at radius 3 is 2.32 bits per heavy atom. The molecule has 1 aromatic rings. The highest BCUT2D eigenvalue weighted by Gasteiger charge is 2.15. The molecule has 4 nitrogen and oxygen atoms in total. The first-order chi connectivity index (χ1) is 8.96. The first kappa shape index (κ1) is 16.7. The predicted octanol–water partition coefficient (Wildman–Crippen LogP) is 2.41. The van der Waals surface area contributed by atoms with Crippen LogP contribution in [0.5, 0.6) is 0 Å². The number of halogens is 2. The summed E-state index contributed by atoms with van der Waals surface area (Å²) in [6.07, 6.45) is 1.02. The molecule has 1 aromatic carbocycles. The fourth-order valence-corrected chi connectivity index (χ4v) is 3.40. The van der Waals surface area contributed by atoms with Gasteiger partial charge in [0.25, 0.3) is 0 Å². The minimum absolute atomic E-state index is 0.209. The average molecular weight is 325 g/mol. The average Bonchev–Trinajstić information content (AvgIpc) is 2.34. The number of rotatable bonds is 8.